The quantitative estimate of drug-likeness (QED) is 0.731. The van der Waals surface area contributed by atoms with E-state index in [1.807, 2.05) is 0 Å². The van der Waals surface area contributed by atoms with Gasteiger partial charge < -0.3 is 4.90 Å². The number of benzene rings is 1. The first-order valence-electron chi connectivity index (χ1n) is 6.93. The lowest BCUT2D eigenvalue weighted by Gasteiger charge is -2.32. The van der Waals surface area contributed by atoms with E-state index in [1.165, 1.54) is 42.7 Å². The maximum Gasteiger partial charge on any atom is 0.0369 e. The number of hydrogen-bond acceptors (Lipinski definition) is 1. The minimum Gasteiger partial charge on any atom is -0.372 e. The van der Waals surface area contributed by atoms with Crippen LogP contribution in [0.3, 0.4) is 0 Å². The van der Waals surface area contributed by atoms with E-state index in [1.54, 1.807) is 0 Å². The van der Waals surface area contributed by atoms with Crippen molar-refractivity contribution in [3.05, 3.63) is 29.3 Å². The minimum absolute atomic E-state index is 0.630. The SMILES string of the molecule is Cc1cc(N2CCC(C)CC2)ccc1C(C)C. The summed E-state index contributed by atoms with van der Waals surface area (Å²) < 4.78 is 0. The maximum absolute atomic E-state index is 2.54. The zero-order valence-corrected chi connectivity index (χ0v) is 11.7. The van der Waals surface area contributed by atoms with Gasteiger partial charge in [0.05, 0.1) is 0 Å². The molecule has 0 N–H and O–H groups in total. The molecule has 0 spiro atoms. The Bertz CT molecular complexity index is 373. The van der Waals surface area contributed by atoms with Gasteiger partial charge in [-0.2, -0.15) is 0 Å². The molecule has 1 saturated heterocycles. The lowest BCUT2D eigenvalue weighted by atomic mass is 9.95. The van der Waals surface area contributed by atoms with Crippen LogP contribution in [0.15, 0.2) is 18.2 Å². The van der Waals surface area contributed by atoms with Crippen LogP contribution in [0.2, 0.25) is 0 Å². The summed E-state index contributed by atoms with van der Waals surface area (Å²) in [7, 11) is 0. The van der Waals surface area contributed by atoms with Gasteiger partial charge in [-0.3, -0.25) is 0 Å². The van der Waals surface area contributed by atoms with E-state index in [-0.39, 0.29) is 0 Å². The van der Waals surface area contributed by atoms with Crippen molar-refractivity contribution in [3.63, 3.8) is 0 Å². The van der Waals surface area contributed by atoms with Crippen molar-refractivity contribution in [2.24, 2.45) is 5.92 Å². The van der Waals surface area contributed by atoms with Crippen LogP contribution < -0.4 is 4.90 Å². The number of hydrogen-bond donors (Lipinski definition) is 0. The van der Waals surface area contributed by atoms with Crippen molar-refractivity contribution in [2.45, 2.75) is 46.5 Å². The smallest absolute Gasteiger partial charge is 0.0369 e. The number of anilines is 1. The summed E-state index contributed by atoms with van der Waals surface area (Å²) in [6, 6.07) is 6.98. The number of piperidine rings is 1. The van der Waals surface area contributed by atoms with Crippen LogP contribution in [0.25, 0.3) is 0 Å². The van der Waals surface area contributed by atoms with Crippen molar-refractivity contribution >= 4 is 5.69 Å². The fourth-order valence-electron chi connectivity index (χ4n) is 2.77. The molecule has 1 fully saturated rings. The number of nitrogens with zero attached hydrogens (tertiary/aromatic N) is 1. The van der Waals surface area contributed by atoms with Gasteiger partial charge in [0.15, 0.2) is 0 Å². The number of aryl methyl sites for hydroxylation is 1. The molecule has 0 radical (unpaired) electrons. The Hall–Kier alpha value is -0.980. The van der Waals surface area contributed by atoms with Gasteiger partial charge in [-0.25, -0.2) is 0 Å². The van der Waals surface area contributed by atoms with Crippen molar-refractivity contribution < 1.29 is 0 Å². The molecule has 1 nitrogen and oxygen atoms in total. The Morgan fingerprint density at radius 3 is 2.35 bits per heavy atom. The lowest BCUT2D eigenvalue weighted by Crippen LogP contribution is -2.32. The summed E-state index contributed by atoms with van der Waals surface area (Å²) in [5.74, 6) is 1.53. The molecule has 0 bridgehead atoms. The third-order valence-electron chi connectivity index (χ3n) is 4.02. The lowest BCUT2D eigenvalue weighted by molar-refractivity contribution is 0.438. The summed E-state index contributed by atoms with van der Waals surface area (Å²) in [6.45, 7) is 11.6. The van der Waals surface area contributed by atoms with E-state index in [2.05, 4.69) is 50.8 Å². The fraction of sp³-hybridized carbons (Fsp3) is 0.625. The van der Waals surface area contributed by atoms with Gasteiger partial charge in [-0.15, -0.1) is 0 Å². The molecule has 1 aromatic carbocycles. The van der Waals surface area contributed by atoms with Crippen LogP contribution in [0.5, 0.6) is 0 Å². The molecule has 1 heterocycles. The maximum atomic E-state index is 2.54. The van der Waals surface area contributed by atoms with Crippen LogP contribution in [0.4, 0.5) is 5.69 Å². The van der Waals surface area contributed by atoms with Gasteiger partial charge in [-0.05, 0) is 54.9 Å². The molecule has 0 atom stereocenters. The molecule has 0 aliphatic carbocycles. The second kappa shape index (κ2) is 5.12. The molecular formula is C16H25N. The Kier molecular flexibility index (Phi) is 3.76. The highest BCUT2D eigenvalue weighted by Gasteiger charge is 2.16. The summed E-state index contributed by atoms with van der Waals surface area (Å²) >= 11 is 0. The molecule has 1 aliphatic rings. The molecule has 2 rings (SSSR count). The normalized spacial score (nSPS) is 17.8. The van der Waals surface area contributed by atoms with Gasteiger partial charge in [0.2, 0.25) is 0 Å². The Morgan fingerprint density at radius 2 is 1.82 bits per heavy atom. The van der Waals surface area contributed by atoms with Gasteiger partial charge >= 0.3 is 0 Å². The first-order valence-corrected chi connectivity index (χ1v) is 6.93. The third-order valence-corrected chi connectivity index (χ3v) is 4.02. The monoisotopic (exact) mass is 231 g/mol. The Labute approximate surface area is 106 Å². The first-order chi connectivity index (χ1) is 8.08. The Morgan fingerprint density at radius 1 is 1.18 bits per heavy atom. The van der Waals surface area contributed by atoms with Crippen LogP contribution in [0, 0.1) is 12.8 Å². The summed E-state index contributed by atoms with van der Waals surface area (Å²) in [5, 5.41) is 0. The molecule has 0 aromatic heterocycles. The summed E-state index contributed by atoms with van der Waals surface area (Å²) in [6.07, 6.45) is 2.68. The van der Waals surface area contributed by atoms with Gasteiger partial charge in [0, 0.05) is 18.8 Å². The highest BCUT2D eigenvalue weighted by atomic mass is 15.1. The highest BCUT2D eigenvalue weighted by molar-refractivity contribution is 5.51. The van der Waals surface area contributed by atoms with Crippen molar-refractivity contribution in [3.8, 4) is 0 Å². The zero-order chi connectivity index (χ0) is 12.4. The van der Waals surface area contributed by atoms with Crippen LogP contribution >= 0.6 is 0 Å². The summed E-state index contributed by atoms with van der Waals surface area (Å²) in [5.41, 5.74) is 4.34. The highest BCUT2D eigenvalue weighted by Crippen LogP contribution is 2.27. The van der Waals surface area contributed by atoms with Crippen molar-refractivity contribution in [1.82, 2.24) is 0 Å². The molecule has 1 aromatic rings. The van der Waals surface area contributed by atoms with E-state index in [0.717, 1.165) is 5.92 Å². The van der Waals surface area contributed by atoms with Gasteiger partial charge in [0.25, 0.3) is 0 Å². The molecule has 0 saturated carbocycles. The van der Waals surface area contributed by atoms with Crippen LogP contribution in [0.1, 0.15) is 50.7 Å². The van der Waals surface area contributed by atoms with Crippen molar-refractivity contribution in [2.75, 3.05) is 18.0 Å². The van der Waals surface area contributed by atoms with E-state index in [4.69, 9.17) is 0 Å². The molecular weight excluding hydrogens is 206 g/mol. The molecule has 0 unspecified atom stereocenters. The summed E-state index contributed by atoms with van der Waals surface area (Å²) in [4.78, 5) is 2.54. The molecule has 17 heavy (non-hydrogen) atoms. The predicted molar refractivity (Wildman–Crippen MR) is 75.9 cm³/mol. The molecule has 1 aliphatic heterocycles. The predicted octanol–water partition coefficient (Wildman–Crippen LogP) is 4.35. The number of rotatable bonds is 2. The second-order valence-corrected chi connectivity index (χ2v) is 5.87. The van der Waals surface area contributed by atoms with E-state index in [9.17, 15) is 0 Å². The van der Waals surface area contributed by atoms with Crippen LogP contribution in [-0.4, -0.2) is 13.1 Å². The van der Waals surface area contributed by atoms with E-state index in [0.29, 0.717) is 5.92 Å². The zero-order valence-electron chi connectivity index (χ0n) is 11.7. The topological polar surface area (TPSA) is 3.24 Å². The Balaban J connectivity index is 2.14. The van der Waals surface area contributed by atoms with Crippen molar-refractivity contribution in [1.29, 1.82) is 0 Å². The van der Waals surface area contributed by atoms with Crippen LogP contribution in [-0.2, 0) is 0 Å². The fourth-order valence-corrected chi connectivity index (χ4v) is 2.77. The standard InChI is InChI=1S/C16H25N/c1-12(2)16-6-5-15(11-14(16)4)17-9-7-13(3)8-10-17/h5-6,11-13H,7-10H2,1-4H3. The first kappa shape index (κ1) is 12.5. The largest absolute Gasteiger partial charge is 0.372 e. The second-order valence-electron chi connectivity index (χ2n) is 5.87. The molecule has 0 amide bonds. The minimum atomic E-state index is 0.630. The average molecular weight is 231 g/mol. The third kappa shape index (κ3) is 2.83. The van der Waals surface area contributed by atoms with E-state index < -0.39 is 0 Å². The molecule has 1 heteroatoms. The van der Waals surface area contributed by atoms with E-state index >= 15 is 0 Å². The average Bonchev–Trinajstić information content (AvgIpc) is 2.29. The molecule has 94 valence electrons. The van der Waals surface area contributed by atoms with Gasteiger partial charge in [0.1, 0.15) is 0 Å². The van der Waals surface area contributed by atoms with Gasteiger partial charge in [-0.1, -0.05) is 26.8 Å².